The smallest absolute Gasteiger partial charge is 0.212 e. The average molecular weight is 453 g/mol. The fourth-order valence-electron chi connectivity index (χ4n) is 3.36. The second-order valence-electron chi connectivity index (χ2n) is 6.51. The van der Waals surface area contributed by atoms with Crippen molar-refractivity contribution in [2.24, 2.45) is 5.10 Å². The predicted octanol–water partition coefficient (Wildman–Crippen LogP) is 4.36. The van der Waals surface area contributed by atoms with E-state index in [1.165, 1.54) is 0 Å². The van der Waals surface area contributed by atoms with Gasteiger partial charge in [0, 0.05) is 16.6 Å². The molecule has 0 bridgehead atoms. The maximum absolute atomic E-state index is 4.86. The van der Waals surface area contributed by atoms with Crippen LogP contribution in [-0.4, -0.2) is 35.9 Å². The average Bonchev–Trinajstić information content (AvgIpc) is 3.30. The van der Waals surface area contributed by atoms with Gasteiger partial charge in [-0.05, 0) is 29.8 Å². The first-order valence-corrected chi connectivity index (χ1v) is 10.9. The van der Waals surface area contributed by atoms with E-state index in [1.54, 1.807) is 11.8 Å². The van der Waals surface area contributed by atoms with E-state index in [2.05, 4.69) is 55.8 Å². The summed E-state index contributed by atoms with van der Waals surface area (Å²) in [7, 11) is 0. The number of hydrogen-bond acceptors (Lipinski definition) is 5. The van der Waals surface area contributed by atoms with Crippen molar-refractivity contribution in [3.8, 4) is 0 Å². The van der Waals surface area contributed by atoms with Crippen LogP contribution in [0.4, 0.5) is 0 Å². The molecule has 3 heterocycles. The van der Waals surface area contributed by atoms with Gasteiger partial charge < -0.3 is 4.57 Å². The van der Waals surface area contributed by atoms with E-state index in [0.29, 0.717) is 6.54 Å². The van der Waals surface area contributed by atoms with Gasteiger partial charge in [0.2, 0.25) is 5.16 Å². The minimum atomic E-state index is 0.592. The molecule has 0 atom stereocenters. The molecule has 0 aliphatic carbocycles. The third-order valence-corrected chi connectivity index (χ3v) is 6.22. The Kier molecular flexibility index (Phi) is 4.52. The highest BCUT2D eigenvalue weighted by atomic mass is 79.9. The molecule has 1 aliphatic rings. The van der Waals surface area contributed by atoms with Crippen LogP contribution in [0, 0.1) is 0 Å². The molecule has 2 aromatic carbocycles. The molecule has 0 spiro atoms. The van der Waals surface area contributed by atoms with Gasteiger partial charge in [-0.25, -0.2) is 4.98 Å². The Morgan fingerprint density at radius 3 is 2.68 bits per heavy atom. The maximum Gasteiger partial charge on any atom is 0.212 e. The molecule has 140 valence electrons. The van der Waals surface area contributed by atoms with Gasteiger partial charge >= 0.3 is 0 Å². The molecule has 0 radical (unpaired) electrons. The Balaban J connectivity index is 1.55. The van der Waals surface area contributed by atoms with Gasteiger partial charge in [-0.2, -0.15) is 9.78 Å². The highest BCUT2D eigenvalue weighted by Gasteiger charge is 2.21. The standard InChI is InChI=1S/C20H17BrN6S/c1-2-18-22-15-5-3-4-6-17(15)26(18)11-19-23-24-20-27(19)25-16(12-28-20)13-7-9-14(21)10-8-13/h3-10H,2,11-12H2,1H3. The molecule has 28 heavy (non-hydrogen) atoms. The van der Waals surface area contributed by atoms with Gasteiger partial charge in [0.05, 0.1) is 23.3 Å². The van der Waals surface area contributed by atoms with Crippen molar-refractivity contribution in [3.05, 3.63) is 70.2 Å². The number of fused-ring (bicyclic) bond motifs is 2. The second kappa shape index (κ2) is 7.18. The zero-order valence-corrected chi connectivity index (χ0v) is 17.6. The Hall–Kier alpha value is -2.45. The van der Waals surface area contributed by atoms with E-state index in [-0.39, 0.29) is 0 Å². The summed E-state index contributed by atoms with van der Waals surface area (Å²) in [5.41, 5.74) is 4.25. The van der Waals surface area contributed by atoms with Crippen LogP contribution >= 0.6 is 27.7 Å². The van der Waals surface area contributed by atoms with E-state index in [4.69, 9.17) is 10.1 Å². The monoisotopic (exact) mass is 452 g/mol. The van der Waals surface area contributed by atoms with E-state index in [1.807, 2.05) is 35.0 Å². The number of aromatic nitrogens is 5. The highest BCUT2D eigenvalue weighted by Crippen LogP contribution is 2.26. The van der Waals surface area contributed by atoms with Crippen LogP contribution in [0.3, 0.4) is 0 Å². The summed E-state index contributed by atoms with van der Waals surface area (Å²) >= 11 is 5.15. The zero-order valence-electron chi connectivity index (χ0n) is 15.2. The Morgan fingerprint density at radius 2 is 1.86 bits per heavy atom. The summed E-state index contributed by atoms with van der Waals surface area (Å²) in [6.45, 7) is 2.71. The number of hydrogen-bond donors (Lipinski definition) is 0. The van der Waals surface area contributed by atoms with Crippen LogP contribution in [0.5, 0.6) is 0 Å². The van der Waals surface area contributed by atoms with Gasteiger partial charge in [-0.3, -0.25) is 0 Å². The Labute approximate surface area is 174 Å². The minimum absolute atomic E-state index is 0.592. The normalized spacial score (nSPS) is 13.6. The molecule has 1 aliphatic heterocycles. The molecule has 0 saturated heterocycles. The lowest BCUT2D eigenvalue weighted by atomic mass is 10.1. The van der Waals surface area contributed by atoms with Gasteiger partial charge in [0.1, 0.15) is 5.82 Å². The van der Waals surface area contributed by atoms with E-state index >= 15 is 0 Å². The quantitative estimate of drug-likeness (QED) is 0.461. The number of aryl methyl sites for hydroxylation is 1. The summed E-state index contributed by atoms with van der Waals surface area (Å²) in [4.78, 5) is 4.75. The van der Waals surface area contributed by atoms with E-state index in [0.717, 1.165) is 55.8 Å². The number of thioether (sulfide) groups is 1. The number of halogens is 1. The summed E-state index contributed by atoms with van der Waals surface area (Å²) in [6.07, 6.45) is 0.859. The summed E-state index contributed by atoms with van der Waals surface area (Å²) in [5.74, 6) is 2.64. The van der Waals surface area contributed by atoms with Crippen LogP contribution in [-0.2, 0) is 13.0 Å². The topological polar surface area (TPSA) is 60.9 Å². The van der Waals surface area contributed by atoms with Crippen molar-refractivity contribution in [3.63, 3.8) is 0 Å². The first-order chi connectivity index (χ1) is 13.7. The molecule has 0 fully saturated rings. The van der Waals surface area contributed by atoms with Crippen LogP contribution in [0.1, 0.15) is 24.1 Å². The summed E-state index contributed by atoms with van der Waals surface area (Å²) in [6, 6.07) is 16.4. The number of benzene rings is 2. The number of nitrogens with zero attached hydrogens (tertiary/aromatic N) is 6. The third-order valence-electron chi connectivity index (χ3n) is 4.76. The summed E-state index contributed by atoms with van der Waals surface area (Å²) < 4.78 is 5.14. The van der Waals surface area contributed by atoms with Gasteiger partial charge in [0.25, 0.3) is 0 Å². The van der Waals surface area contributed by atoms with Crippen LogP contribution in [0.2, 0.25) is 0 Å². The van der Waals surface area contributed by atoms with Crippen molar-refractivity contribution in [1.82, 2.24) is 24.4 Å². The first kappa shape index (κ1) is 17.6. The SMILES string of the molecule is CCc1nc2ccccc2n1Cc1nnc2n1N=C(c1ccc(Br)cc1)CS2. The van der Waals surface area contributed by atoms with Crippen LogP contribution in [0.25, 0.3) is 11.0 Å². The Bertz CT molecular complexity index is 1190. The fourth-order valence-corrected chi connectivity index (χ4v) is 4.49. The molecule has 2 aromatic heterocycles. The maximum atomic E-state index is 4.86. The minimum Gasteiger partial charge on any atom is -0.320 e. The first-order valence-electron chi connectivity index (χ1n) is 9.08. The Morgan fingerprint density at radius 1 is 1.04 bits per heavy atom. The van der Waals surface area contributed by atoms with Crippen molar-refractivity contribution in [2.75, 3.05) is 5.75 Å². The molecule has 6 nitrogen and oxygen atoms in total. The molecule has 5 rings (SSSR count). The number of imidazole rings is 1. The molecule has 0 N–H and O–H groups in total. The molecular weight excluding hydrogens is 436 g/mol. The largest absolute Gasteiger partial charge is 0.320 e. The molecule has 0 saturated carbocycles. The molecule has 0 amide bonds. The predicted molar refractivity (Wildman–Crippen MR) is 115 cm³/mol. The van der Waals surface area contributed by atoms with Crippen molar-refractivity contribution < 1.29 is 0 Å². The van der Waals surface area contributed by atoms with Crippen molar-refractivity contribution >= 4 is 44.4 Å². The second-order valence-corrected chi connectivity index (χ2v) is 8.37. The van der Waals surface area contributed by atoms with E-state index in [9.17, 15) is 0 Å². The van der Waals surface area contributed by atoms with Crippen LogP contribution in [0.15, 0.2) is 63.3 Å². The molecular formula is C20H17BrN6S. The molecule has 8 heteroatoms. The lowest BCUT2D eigenvalue weighted by Crippen LogP contribution is -2.16. The lowest BCUT2D eigenvalue weighted by molar-refractivity contribution is 0.650. The van der Waals surface area contributed by atoms with Crippen molar-refractivity contribution in [2.45, 2.75) is 25.0 Å². The van der Waals surface area contributed by atoms with Gasteiger partial charge in [-0.15, -0.1) is 10.2 Å². The van der Waals surface area contributed by atoms with Gasteiger partial charge in [0.15, 0.2) is 5.82 Å². The summed E-state index contributed by atoms with van der Waals surface area (Å²) in [5, 5.41) is 14.5. The number of rotatable bonds is 4. The highest BCUT2D eigenvalue weighted by molar-refractivity contribution is 9.10. The molecule has 4 aromatic rings. The lowest BCUT2D eigenvalue weighted by Gasteiger charge is -2.14. The molecule has 0 unspecified atom stereocenters. The zero-order chi connectivity index (χ0) is 19.1. The number of para-hydroxylation sites is 2. The van der Waals surface area contributed by atoms with Crippen LogP contribution < -0.4 is 0 Å². The third kappa shape index (κ3) is 3.06. The fraction of sp³-hybridized carbons (Fsp3) is 0.200. The van der Waals surface area contributed by atoms with Crippen molar-refractivity contribution in [1.29, 1.82) is 0 Å². The van der Waals surface area contributed by atoms with E-state index < -0.39 is 0 Å². The van der Waals surface area contributed by atoms with Gasteiger partial charge in [-0.1, -0.05) is 58.9 Å².